The van der Waals surface area contributed by atoms with Gasteiger partial charge in [-0.1, -0.05) is 0 Å². The van der Waals surface area contributed by atoms with Crippen molar-refractivity contribution in [2.45, 2.75) is 25.9 Å². The summed E-state index contributed by atoms with van der Waals surface area (Å²) in [7, 11) is 0. The Bertz CT molecular complexity index is 530. The number of aromatic hydroxyl groups is 1. The molecular weight excluding hydrogens is 264 g/mol. The quantitative estimate of drug-likeness (QED) is 0.799. The molecule has 2 aliphatic heterocycles. The van der Waals surface area contributed by atoms with Gasteiger partial charge in [0.15, 0.2) is 17.6 Å². The van der Waals surface area contributed by atoms with E-state index in [0.717, 1.165) is 0 Å². The number of phenolic OH excluding ortho intramolecular Hbond substituents is 1. The second-order valence-electron chi connectivity index (χ2n) is 4.73. The fourth-order valence-electron chi connectivity index (χ4n) is 2.75. The molecule has 0 saturated heterocycles. The van der Waals surface area contributed by atoms with Gasteiger partial charge in [-0.15, -0.1) is 0 Å². The highest BCUT2D eigenvalue weighted by molar-refractivity contribution is 5.80. The number of fused-ring (bicyclic) bond motifs is 2. The zero-order valence-electron chi connectivity index (χ0n) is 11.1. The monoisotopic (exact) mass is 280 g/mol. The van der Waals surface area contributed by atoms with Crippen LogP contribution in [0.5, 0.6) is 17.2 Å². The number of carbonyl (C=O) groups excluding carboxylic acids is 1. The van der Waals surface area contributed by atoms with Gasteiger partial charge in [0.1, 0.15) is 5.75 Å². The lowest BCUT2D eigenvalue weighted by Crippen LogP contribution is -2.17. The van der Waals surface area contributed by atoms with Crippen molar-refractivity contribution in [3.05, 3.63) is 16.7 Å². The van der Waals surface area contributed by atoms with E-state index in [-0.39, 0.29) is 12.4 Å². The van der Waals surface area contributed by atoms with E-state index >= 15 is 0 Å². The van der Waals surface area contributed by atoms with Gasteiger partial charge in [-0.3, -0.25) is 0 Å². The first kappa shape index (κ1) is 13.1. The van der Waals surface area contributed by atoms with Crippen molar-refractivity contribution in [1.82, 2.24) is 0 Å². The van der Waals surface area contributed by atoms with Gasteiger partial charge in [0, 0.05) is 29.5 Å². The van der Waals surface area contributed by atoms with Gasteiger partial charge < -0.3 is 24.4 Å². The molecule has 2 heterocycles. The number of hydrogen-bond acceptors (Lipinski definition) is 6. The number of aliphatic hydroxyl groups is 1. The SMILES string of the molecule is CCOC(=O)C(O)c1c2c(c(O)c3c1OCC3)OCC2. The van der Waals surface area contributed by atoms with Crippen molar-refractivity contribution in [1.29, 1.82) is 0 Å². The number of aliphatic hydroxyl groups excluding tert-OH is 1. The summed E-state index contributed by atoms with van der Waals surface area (Å²) in [6.45, 7) is 2.69. The third kappa shape index (κ3) is 1.79. The van der Waals surface area contributed by atoms with E-state index in [1.807, 2.05) is 0 Å². The summed E-state index contributed by atoms with van der Waals surface area (Å²) in [4.78, 5) is 11.8. The summed E-state index contributed by atoms with van der Waals surface area (Å²) in [5.41, 5.74) is 1.59. The molecular formula is C14H16O6. The average molecular weight is 280 g/mol. The molecule has 1 atom stereocenters. The van der Waals surface area contributed by atoms with Crippen LogP contribution in [0.3, 0.4) is 0 Å². The number of esters is 1. The minimum absolute atomic E-state index is 0.0600. The average Bonchev–Trinajstić information content (AvgIpc) is 3.07. The number of rotatable bonds is 3. The van der Waals surface area contributed by atoms with Crippen molar-refractivity contribution >= 4 is 5.97 Å². The predicted molar refractivity (Wildman–Crippen MR) is 68.1 cm³/mol. The van der Waals surface area contributed by atoms with Crippen molar-refractivity contribution in [3.8, 4) is 17.2 Å². The molecule has 1 aromatic carbocycles. The number of carbonyl (C=O) groups is 1. The summed E-state index contributed by atoms with van der Waals surface area (Å²) < 4.78 is 15.8. The molecule has 6 nitrogen and oxygen atoms in total. The van der Waals surface area contributed by atoms with Crippen LogP contribution >= 0.6 is 0 Å². The molecule has 0 fully saturated rings. The van der Waals surface area contributed by atoms with Crippen molar-refractivity contribution in [3.63, 3.8) is 0 Å². The Morgan fingerprint density at radius 1 is 1.25 bits per heavy atom. The first-order valence-electron chi connectivity index (χ1n) is 6.66. The first-order valence-corrected chi connectivity index (χ1v) is 6.66. The molecule has 6 heteroatoms. The molecule has 0 aliphatic carbocycles. The molecule has 1 aromatic rings. The van der Waals surface area contributed by atoms with E-state index in [1.54, 1.807) is 6.92 Å². The van der Waals surface area contributed by atoms with Gasteiger partial charge in [0.05, 0.1) is 19.8 Å². The number of ether oxygens (including phenoxy) is 3. The van der Waals surface area contributed by atoms with E-state index < -0.39 is 12.1 Å². The fraction of sp³-hybridized carbons (Fsp3) is 0.500. The minimum Gasteiger partial charge on any atom is -0.504 e. The largest absolute Gasteiger partial charge is 0.504 e. The third-order valence-electron chi connectivity index (χ3n) is 3.60. The molecule has 108 valence electrons. The lowest BCUT2D eigenvalue weighted by atomic mass is 9.94. The second kappa shape index (κ2) is 4.86. The lowest BCUT2D eigenvalue weighted by molar-refractivity contribution is -0.153. The van der Waals surface area contributed by atoms with Gasteiger partial charge in [-0.25, -0.2) is 4.79 Å². The molecule has 20 heavy (non-hydrogen) atoms. The summed E-state index contributed by atoms with van der Waals surface area (Å²) in [6.07, 6.45) is -0.371. The van der Waals surface area contributed by atoms with Crippen LogP contribution in [0.4, 0.5) is 0 Å². The Kier molecular flexibility index (Phi) is 3.17. The van der Waals surface area contributed by atoms with Crippen LogP contribution in [-0.4, -0.2) is 36.0 Å². The second-order valence-corrected chi connectivity index (χ2v) is 4.73. The number of benzene rings is 1. The molecule has 0 amide bonds. The van der Waals surface area contributed by atoms with E-state index in [0.29, 0.717) is 54.2 Å². The number of phenols is 1. The standard InChI is InChI=1S/C14H16O6/c1-2-18-14(17)11(16)9-7-3-5-20-13(7)10(15)8-4-6-19-12(8)9/h11,15-16H,2-6H2,1H3. The van der Waals surface area contributed by atoms with Crippen LogP contribution in [0.1, 0.15) is 29.7 Å². The summed E-state index contributed by atoms with van der Waals surface area (Å²) in [5, 5.41) is 20.4. The van der Waals surface area contributed by atoms with Gasteiger partial charge in [-0.05, 0) is 6.92 Å². The Morgan fingerprint density at radius 2 is 1.90 bits per heavy atom. The topological polar surface area (TPSA) is 85.2 Å². The van der Waals surface area contributed by atoms with E-state index in [9.17, 15) is 15.0 Å². The maximum Gasteiger partial charge on any atom is 0.339 e. The fourth-order valence-corrected chi connectivity index (χ4v) is 2.75. The third-order valence-corrected chi connectivity index (χ3v) is 3.60. The molecule has 2 aliphatic rings. The molecule has 0 aromatic heterocycles. The molecule has 1 unspecified atom stereocenters. The predicted octanol–water partition coefficient (Wildman–Crippen LogP) is 0.859. The van der Waals surface area contributed by atoms with Crippen LogP contribution < -0.4 is 9.47 Å². The molecule has 3 rings (SSSR count). The molecule has 2 N–H and O–H groups in total. The Hall–Kier alpha value is -1.95. The summed E-state index contributed by atoms with van der Waals surface area (Å²) >= 11 is 0. The summed E-state index contributed by atoms with van der Waals surface area (Å²) in [6, 6.07) is 0. The van der Waals surface area contributed by atoms with Gasteiger partial charge >= 0.3 is 5.97 Å². The highest BCUT2D eigenvalue weighted by Crippen LogP contribution is 2.50. The maximum atomic E-state index is 11.8. The normalized spacial score (nSPS) is 16.9. The van der Waals surface area contributed by atoms with Crippen molar-refractivity contribution in [2.24, 2.45) is 0 Å². The molecule has 0 radical (unpaired) electrons. The Balaban J connectivity index is 2.13. The van der Waals surface area contributed by atoms with Crippen LogP contribution in [0.2, 0.25) is 0 Å². The van der Waals surface area contributed by atoms with E-state index in [4.69, 9.17) is 14.2 Å². The molecule has 0 saturated carbocycles. The lowest BCUT2D eigenvalue weighted by Gasteiger charge is -2.18. The highest BCUT2D eigenvalue weighted by Gasteiger charge is 2.36. The van der Waals surface area contributed by atoms with Crippen LogP contribution in [0.25, 0.3) is 0 Å². The Labute approximate surface area is 115 Å². The zero-order chi connectivity index (χ0) is 14.3. The molecule has 0 bridgehead atoms. The van der Waals surface area contributed by atoms with E-state index in [2.05, 4.69) is 0 Å². The van der Waals surface area contributed by atoms with Crippen LogP contribution in [-0.2, 0) is 22.4 Å². The smallest absolute Gasteiger partial charge is 0.339 e. The van der Waals surface area contributed by atoms with Gasteiger partial charge in [-0.2, -0.15) is 0 Å². The van der Waals surface area contributed by atoms with Crippen LogP contribution in [0, 0.1) is 0 Å². The minimum atomic E-state index is -1.42. The van der Waals surface area contributed by atoms with E-state index in [1.165, 1.54) is 0 Å². The number of hydrogen-bond donors (Lipinski definition) is 2. The Morgan fingerprint density at radius 3 is 2.60 bits per heavy atom. The van der Waals surface area contributed by atoms with Crippen LogP contribution in [0.15, 0.2) is 0 Å². The zero-order valence-corrected chi connectivity index (χ0v) is 11.1. The first-order chi connectivity index (χ1) is 9.65. The van der Waals surface area contributed by atoms with Crippen molar-refractivity contribution < 1.29 is 29.2 Å². The summed E-state index contributed by atoms with van der Waals surface area (Å²) in [5.74, 6) is 0.0923. The van der Waals surface area contributed by atoms with Gasteiger partial charge in [0.25, 0.3) is 0 Å². The highest BCUT2D eigenvalue weighted by atomic mass is 16.5. The maximum absolute atomic E-state index is 11.8. The van der Waals surface area contributed by atoms with Crippen molar-refractivity contribution in [2.75, 3.05) is 19.8 Å². The molecule has 0 spiro atoms. The van der Waals surface area contributed by atoms with Gasteiger partial charge in [0.2, 0.25) is 0 Å².